The van der Waals surface area contributed by atoms with Crippen molar-refractivity contribution in [2.45, 2.75) is 39.5 Å². The number of aliphatic imine (C=N–C) groups is 1. The molecule has 0 aliphatic heterocycles. The molecular formula is C19H28IN3O2S. The molecule has 7 heteroatoms. The van der Waals surface area contributed by atoms with Gasteiger partial charge in [-0.1, -0.05) is 12.1 Å². The number of aliphatic hydroxyl groups excluding tert-OH is 1. The van der Waals surface area contributed by atoms with Crippen molar-refractivity contribution >= 4 is 41.3 Å². The summed E-state index contributed by atoms with van der Waals surface area (Å²) in [6.45, 7) is 7.78. The molecule has 2 aromatic rings. The summed E-state index contributed by atoms with van der Waals surface area (Å²) >= 11 is 1.66. The van der Waals surface area contributed by atoms with Crippen LogP contribution in [0.4, 0.5) is 0 Å². The maximum Gasteiger partial charge on any atom is 0.191 e. The van der Waals surface area contributed by atoms with E-state index in [2.05, 4.69) is 27.1 Å². The number of hydrogen-bond donors (Lipinski definition) is 3. The van der Waals surface area contributed by atoms with Crippen LogP contribution in [0.1, 0.15) is 38.0 Å². The fourth-order valence-electron chi connectivity index (χ4n) is 2.25. The van der Waals surface area contributed by atoms with E-state index in [-0.39, 0.29) is 30.1 Å². The molecule has 0 aliphatic rings. The first kappa shape index (κ1) is 22.7. The molecule has 1 unspecified atom stereocenters. The standard InChI is InChI=1S/C19H27N3O2S.HI/c1-4-20-19(21-11-15-9-10-25-13-15)22-12-18(23)16-5-7-17(8-6-16)24-14(2)3;/h5-10,13-14,18,23H,4,11-12H2,1-3H3,(H2,20,21,22);1H. The van der Waals surface area contributed by atoms with E-state index in [1.165, 1.54) is 5.56 Å². The van der Waals surface area contributed by atoms with Gasteiger partial charge in [0.05, 0.1) is 18.8 Å². The number of thiophene rings is 1. The van der Waals surface area contributed by atoms with E-state index in [4.69, 9.17) is 4.74 Å². The van der Waals surface area contributed by atoms with Crippen molar-refractivity contribution in [2.75, 3.05) is 13.1 Å². The van der Waals surface area contributed by atoms with E-state index in [0.29, 0.717) is 19.0 Å². The number of aliphatic hydroxyl groups is 1. The number of hydrogen-bond acceptors (Lipinski definition) is 4. The molecule has 0 fully saturated rings. The monoisotopic (exact) mass is 489 g/mol. The number of rotatable bonds is 8. The Kier molecular flexibility index (Phi) is 10.6. The zero-order valence-corrected chi connectivity index (χ0v) is 18.6. The number of nitrogens with zero attached hydrogens (tertiary/aromatic N) is 1. The number of nitrogens with one attached hydrogen (secondary N) is 2. The van der Waals surface area contributed by atoms with Gasteiger partial charge in [0.25, 0.3) is 0 Å². The molecule has 0 saturated carbocycles. The Morgan fingerprint density at radius 1 is 1.19 bits per heavy atom. The summed E-state index contributed by atoms with van der Waals surface area (Å²) < 4.78 is 5.62. The number of halogens is 1. The molecule has 1 heterocycles. The Bertz CT molecular complexity index is 645. The number of ether oxygens (including phenoxy) is 1. The summed E-state index contributed by atoms with van der Waals surface area (Å²) in [6, 6.07) is 9.61. The van der Waals surface area contributed by atoms with Crippen LogP contribution in [0.15, 0.2) is 46.1 Å². The van der Waals surface area contributed by atoms with Crippen molar-refractivity contribution in [3.05, 3.63) is 52.2 Å². The lowest BCUT2D eigenvalue weighted by Crippen LogP contribution is -2.39. The van der Waals surface area contributed by atoms with E-state index in [1.54, 1.807) is 11.3 Å². The largest absolute Gasteiger partial charge is 0.491 e. The van der Waals surface area contributed by atoms with Gasteiger partial charge in [-0.25, -0.2) is 4.99 Å². The molecule has 1 atom stereocenters. The molecule has 3 N–H and O–H groups in total. The smallest absolute Gasteiger partial charge is 0.191 e. The Hall–Kier alpha value is -1.32. The van der Waals surface area contributed by atoms with Gasteiger partial charge in [-0.15, -0.1) is 24.0 Å². The quantitative estimate of drug-likeness (QED) is 0.299. The highest BCUT2D eigenvalue weighted by Crippen LogP contribution is 2.18. The third kappa shape index (κ3) is 7.92. The minimum Gasteiger partial charge on any atom is -0.491 e. The predicted molar refractivity (Wildman–Crippen MR) is 120 cm³/mol. The van der Waals surface area contributed by atoms with Gasteiger partial charge >= 0.3 is 0 Å². The lowest BCUT2D eigenvalue weighted by Gasteiger charge is -2.16. The van der Waals surface area contributed by atoms with Crippen molar-refractivity contribution in [1.82, 2.24) is 10.6 Å². The highest BCUT2D eigenvalue weighted by molar-refractivity contribution is 14.0. The van der Waals surface area contributed by atoms with Crippen LogP contribution < -0.4 is 15.4 Å². The highest BCUT2D eigenvalue weighted by Gasteiger charge is 2.09. The predicted octanol–water partition coefficient (Wildman–Crippen LogP) is 3.94. The van der Waals surface area contributed by atoms with E-state index in [1.807, 2.05) is 50.4 Å². The zero-order chi connectivity index (χ0) is 18.1. The second-order valence-electron chi connectivity index (χ2n) is 5.96. The third-order valence-electron chi connectivity index (χ3n) is 3.44. The average molecular weight is 489 g/mol. The SMILES string of the molecule is CCNC(=NCc1ccsc1)NCC(O)c1ccc(OC(C)C)cc1.I. The van der Waals surface area contributed by atoms with Crippen molar-refractivity contribution in [1.29, 1.82) is 0 Å². The normalized spacial score (nSPS) is 12.4. The zero-order valence-electron chi connectivity index (χ0n) is 15.4. The van der Waals surface area contributed by atoms with E-state index >= 15 is 0 Å². The van der Waals surface area contributed by atoms with Crippen molar-refractivity contribution in [3.8, 4) is 5.75 Å². The van der Waals surface area contributed by atoms with Gasteiger partial charge in [-0.2, -0.15) is 11.3 Å². The summed E-state index contributed by atoms with van der Waals surface area (Å²) in [5.41, 5.74) is 2.03. The summed E-state index contributed by atoms with van der Waals surface area (Å²) in [4.78, 5) is 4.54. The molecular weight excluding hydrogens is 461 g/mol. The van der Waals surface area contributed by atoms with Crippen LogP contribution >= 0.6 is 35.3 Å². The Morgan fingerprint density at radius 3 is 2.50 bits per heavy atom. The van der Waals surface area contributed by atoms with E-state index < -0.39 is 6.10 Å². The first-order valence-corrected chi connectivity index (χ1v) is 9.50. The second-order valence-corrected chi connectivity index (χ2v) is 6.74. The van der Waals surface area contributed by atoms with Gasteiger partial charge in [0.15, 0.2) is 5.96 Å². The van der Waals surface area contributed by atoms with Gasteiger partial charge < -0.3 is 20.5 Å². The minimum atomic E-state index is -0.613. The van der Waals surface area contributed by atoms with Crippen molar-refractivity contribution in [3.63, 3.8) is 0 Å². The van der Waals surface area contributed by atoms with Crippen LogP contribution in [0, 0.1) is 0 Å². The Morgan fingerprint density at radius 2 is 1.92 bits per heavy atom. The van der Waals surface area contributed by atoms with Gasteiger partial charge in [0.2, 0.25) is 0 Å². The third-order valence-corrected chi connectivity index (χ3v) is 4.18. The fourth-order valence-corrected chi connectivity index (χ4v) is 2.91. The molecule has 0 amide bonds. The van der Waals surface area contributed by atoms with E-state index in [0.717, 1.165) is 17.9 Å². The topological polar surface area (TPSA) is 65.9 Å². The molecule has 0 aliphatic carbocycles. The lowest BCUT2D eigenvalue weighted by molar-refractivity contribution is 0.180. The van der Waals surface area contributed by atoms with Crippen LogP contribution in [-0.4, -0.2) is 30.3 Å². The molecule has 26 heavy (non-hydrogen) atoms. The molecule has 0 bridgehead atoms. The molecule has 0 radical (unpaired) electrons. The molecule has 1 aromatic carbocycles. The van der Waals surface area contributed by atoms with Crippen LogP contribution in [-0.2, 0) is 6.54 Å². The molecule has 0 saturated heterocycles. The first-order chi connectivity index (χ1) is 12.1. The average Bonchev–Trinajstić information content (AvgIpc) is 3.10. The molecule has 1 aromatic heterocycles. The second kappa shape index (κ2) is 12.1. The van der Waals surface area contributed by atoms with Gasteiger partial charge in [-0.05, 0) is 60.9 Å². The van der Waals surface area contributed by atoms with Crippen LogP contribution in [0.3, 0.4) is 0 Å². The van der Waals surface area contributed by atoms with Gasteiger partial charge in [0, 0.05) is 13.1 Å². The van der Waals surface area contributed by atoms with Crippen molar-refractivity contribution in [2.24, 2.45) is 4.99 Å². The number of benzene rings is 1. The van der Waals surface area contributed by atoms with E-state index in [9.17, 15) is 5.11 Å². The summed E-state index contributed by atoms with van der Waals surface area (Å²) in [5, 5.41) is 20.9. The maximum atomic E-state index is 10.4. The molecule has 144 valence electrons. The van der Waals surface area contributed by atoms with Crippen molar-refractivity contribution < 1.29 is 9.84 Å². The minimum absolute atomic E-state index is 0. The first-order valence-electron chi connectivity index (χ1n) is 8.56. The van der Waals surface area contributed by atoms with Crippen LogP contribution in [0.5, 0.6) is 5.75 Å². The molecule has 2 rings (SSSR count). The molecule has 0 spiro atoms. The highest BCUT2D eigenvalue weighted by atomic mass is 127. The Labute approximate surface area is 176 Å². The summed E-state index contributed by atoms with van der Waals surface area (Å²) in [7, 11) is 0. The fraction of sp³-hybridized carbons (Fsp3) is 0.421. The van der Waals surface area contributed by atoms with Crippen LogP contribution in [0.2, 0.25) is 0 Å². The molecule has 5 nitrogen and oxygen atoms in total. The summed E-state index contributed by atoms with van der Waals surface area (Å²) in [5.74, 6) is 1.51. The van der Waals surface area contributed by atoms with Gasteiger partial charge in [-0.3, -0.25) is 0 Å². The maximum absolute atomic E-state index is 10.4. The van der Waals surface area contributed by atoms with Crippen LogP contribution in [0.25, 0.3) is 0 Å². The Balaban J connectivity index is 0.00000338. The lowest BCUT2D eigenvalue weighted by atomic mass is 10.1. The van der Waals surface area contributed by atoms with Gasteiger partial charge in [0.1, 0.15) is 5.75 Å². The number of guanidine groups is 1. The summed E-state index contributed by atoms with van der Waals surface area (Å²) in [6.07, 6.45) is -0.474.